The highest BCUT2D eigenvalue weighted by Gasteiger charge is 2.39. The molecule has 0 saturated heterocycles. The number of aryl methyl sites for hydroxylation is 1. The van der Waals surface area contributed by atoms with Crippen LogP contribution in [0.15, 0.2) is 55.1 Å². The molecule has 0 radical (unpaired) electrons. The molecule has 2 aromatic carbocycles. The number of halogens is 3. The van der Waals surface area contributed by atoms with Crippen LogP contribution in [0.4, 0.5) is 23.7 Å². The molecule has 0 spiro atoms. The first-order valence-corrected chi connectivity index (χ1v) is 13.4. The number of nitriles is 1. The van der Waals surface area contributed by atoms with Gasteiger partial charge in [0.25, 0.3) is 0 Å². The first-order chi connectivity index (χ1) is 19.7. The van der Waals surface area contributed by atoms with Crippen molar-refractivity contribution in [2.24, 2.45) is 0 Å². The third kappa shape index (κ3) is 6.29. The van der Waals surface area contributed by atoms with Gasteiger partial charge in [0, 0.05) is 29.7 Å². The Morgan fingerprint density at radius 3 is 2.61 bits per heavy atom. The number of benzene rings is 2. The number of amides is 1. The first kappa shape index (κ1) is 28.0. The van der Waals surface area contributed by atoms with E-state index in [1.54, 1.807) is 35.3 Å². The second-order valence-corrected chi connectivity index (χ2v) is 9.97. The highest BCUT2D eigenvalue weighted by atomic mass is 19.4. The summed E-state index contributed by atoms with van der Waals surface area (Å²) in [5.74, 6) is 0.721. The van der Waals surface area contributed by atoms with E-state index in [2.05, 4.69) is 30.8 Å². The molecule has 9 nitrogen and oxygen atoms in total. The SMILES string of the molecule is C[C@@H](OC(=O)Nc1ccc(-c2c(C#N)c3ccc(OCCCCn4cncn4)cc3n2C2CCC2)cc1)C(F)(F)F. The summed E-state index contributed by atoms with van der Waals surface area (Å²) in [6.07, 6.45) is -0.0721. The van der Waals surface area contributed by atoms with Crippen LogP contribution < -0.4 is 10.1 Å². The summed E-state index contributed by atoms with van der Waals surface area (Å²) in [5, 5.41) is 17.4. The van der Waals surface area contributed by atoms with Crippen LogP contribution in [0.3, 0.4) is 0 Å². The molecule has 1 N–H and O–H groups in total. The normalized spacial score (nSPS) is 14.3. The zero-order valence-corrected chi connectivity index (χ0v) is 22.4. The van der Waals surface area contributed by atoms with Gasteiger partial charge in [0.15, 0.2) is 6.10 Å². The fourth-order valence-corrected chi connectivity index (χ4v) is 4.80. The molecule has 4 aromatic rings. The maximum atomic E-state index is 12.7. The van der Waals surface area contributed by atoms with E-state index >= 15 is 0 Å². The van der Waals surface area contributed by atoms with Crippen molar-refractivity contribution in [3.63, 3.8) is 0 Å². The van der Waals surface area contributed by atoms with Crippen LogP contribution in [-0.2, 0) is 11.3 Å². The van der Waals surface area contributed by atoms with Gasteiger partial charge in [-0.05, 0) is 68.9 Å². The molecular formula is C29H29F3N6O3. The number of alkyl halides is 3. The summed E-state index contributed by atoms with van der Waals surface area (Å²) >= 11 is 0. The van der Waals surface area contributed by atoms with Crippen molar-refractivity contribution in [2.45, 2.75) is 63.9 Å². The van der Waals surface area contributed by atoms with Crippen LogP contribution in [0.25, 0.3) is 22.2 Å². The van der Waals surface area contributed by atoms with Gasteiger partial charge in [0.2, 0.25) is 0 Å². The molecule has 12 heteroatoms. The number of hydrogen-bond donors (Lipinski definition) is 1. The minimum absolute atomic E-state index is 0.226. The van der Waals surface area contributed by atoms with Gasteiger partial charge in [-0.15, -0.1) is 0 Å². The van der Waals surface area contributed by atoms with Gasteiger partial charge >= 0.3 is 12.3 Å². The van der Waals surface area contributed by atoms with Gasteiger partial charge in [-0.1, -0.05) is 12.1 Å². The summed E-state index contributed by atoms with van der Waals surface area (Å²) < 4.78 is 52.5. The van der Waals surface area contributed by atoms with Crippen LogP contribution in [-0.4, -0.2) is 44.3 Å². The quantitative estimate of drug-likeness (QED) is 0.210. The smallest absolute Gasteiger partial charge is 0.425 e. The van der Waals surface area contributed by atoms with E-state index in [4.69, 9.17) is 4.74 Å². The number of aromatic nitrogens is 4. The maximum Gasteiger partial charge on any atom is 0.425 e. The van der Waals surface area contributed by atoms with Gasteiger partial charge in [-0.3, -0.25) is 10.00 Å². The van der Waals surface area contributed by atoms with Crippen LogP contribution in [0.1, 0.15) is 50.6 Å². The Bertz CT molecular complexity index is 1540. The lowest BCUT2D eigenvalue weighted by Crippen LogP contribution is -2.32. The highest BCUT2D eigenvalue weighted by Crippen LogP contribution is 2.43. The standard InChI is InChI=1S/C29H29F3N6O3/c1-19(29(30,31)32)41-28(39)36-21-9-7-20(8-10-21)27-25(16-33)24-12-11-23(15-26(24)38(27)22-5-4-6-22)40-14-3-2-13-37-18-34-17-35-37/h7-12,15,17-19,22H,2-6,13-14H2,1H3,(H,36,39)/t19-/m1/s1. The summed E-state index contributed by atoms with van der Waals surface area (Å²) in [7, 11) is 0. The topological polar surface area (TPSA) is 107 Å². The Morgan fingerprint density at radius 1 is 1.20 bits per heavy atom. The Labute approximate surface area is 234 Å². The van der Waals surface area contributed by atoms with Crippen molar-refractivity contribution < 1.29 is 27.4 Å². The molecule has 214 valence electrons. The third-order valence-corrected chi connectivity index (χ3v) is 7.19. The van der Waals surface area contributed by atoms with Gasteiger partial charge < -0.3 is 14.0 Å². The van der Waals surface area contributed by atoms with Crippen molar-refractivity contribution in [3.05, 3.63) is 60.7 Å². The fraction of sp³-hybridized carbons (Fsp3) is 0.379. The van der Waals surface area contributed by atoms with E-state index in [0.717, 1.165) is 73.5 Å². The Hall–Kier alpha value is -4.53. The second kappa shape index (κ2) is 11.9. The van der Waals surface area contributed by atoms with Crippen LogP contribution in [0.2, 0.25) is 0 Å². The van der Waals surface area contributed by atoms with Crippen LogP contribution in [0.5, 0.6) is 5.75 Å². The molecule has 1 saturated carbocycles. The van der Waals surface area contributed by atoms with Crippen molar-refractivity contribution in [1.29, 1.82) is 5.26 Å². The predicted molar refractivity (Wildman–Crippen MR) is 145 cm³/mol. The average molecular weight is 567 g/mol. The number of nitrogens with one attached hydrogen (secondary N) is 1. The van der Waals surface area contributed by atoms with E-state index in [9.17, 15) is 23.2 Å². The minimum atomic E-state index is -4.65. The zero-order valence-electron chi connectivity index (χ0n) is 22.4. The number of carbonyl (C=O) groups excluding carboxylic acids is 1. The maximum absolute atomic E-state index is 12.7. The lowest BCUT2D eigenvalue weighted by molar-refractivity contribution is -0.196. The number of fused-ring (bicyclic) bond motifs is 1. The number of nitrogens with zero attached hydrogens (tertiary/aromatic N) is 5. The molecule has 5 rings (SSSR count). The molecule has 1 aliphatic carbocycles. The van der Waals surface area contributed by atoms with Gasteiger partial charge in [0.05, 0.1) is 23.4 Å². The molecule has 0 bridgehead atoms. The molecule has 0 unspecified atom stereocenters. The van der Waals surface area contributed by atoms with Crippen molar-refractivity contribution in [3.8, 4) is 23.1 Å². The summed E-state index contributed by atoms with van der Waals surface area (Å²) in [6.45, 7) is 2.08. The Morgan fingerprint density at radius 2 is 1.98 bits per heavy atom. The van der Waals surface area contributed by atoms with E-state index in [0.29, 0.717) is 12.2 Å². The molecule has 1 aliphatic rings. The zero-order chi connectivity index (χ0) is 29.0. The van der Waals surface area contributed by atoms with Gasteiger partial charge in [-0.2, -0.15) is 23.5 Å². The molecule has 2 heterocycles. The molecule has 0 aliphatic heterocycles. The average Bonchev–Trinajstić information content (AvgIpc) is 3.53. The third-order valence-electron chi connectivity index (χ3n) is 7.19. The number of unbranched alkanes of at least 4 members (excludes halogenated alkanes) is 1. The number of anilines is 1. The van der Waals surface area contributed by atoms with Crippen LogP contribution >= 0.6 is 0 Å². The second-order valence-electron chi connectivity index (χ2n) is 9.97. The largest absolute Gasteiger partial charge is 0.494 e. The van der Waals surface area contributed by atoms with Crippen molar-refractivity contribution in [1.82, 2.24) is 19.3 Å². The number of hydrogen-bond acceptors (Lipinski definition) is 6. The van der Waals surface area contributed by atoms with E-state index in [-0.39, 0.29) is 11.7 Å². The van der Waals surface area contributed by atoms with Crippen LogP contribution in [0, 0.1) is 11.3 Å². The number of rotatable bonds is 10. The first-order valence-electron chi connectivity index (χ1n) is 13.4. The summed E-state index contributed by atoms with van der Waals surface area (Å²) in [4.78, 5) is 15.9. The molecule has 1 atom stereocenters. The van der Waals surface area contributed by atoms with E-state index in [1.807, 2.05) is 18.2 Å². The van der Waals surface area contributed by atoms with Crippen molar-refractivity contribution >= 4 is 22.7 Å². The molecular weight excluding hydrogens is 537 g/mol. The van der Waals surface area contributed by atoms with E-state index in [1.165, 1.54) is 6.33 Å². The monoisotopic (exact) mass is 566 g/mol. The fourth-order valence-electron chi connectivity index (χ4n) is 4.80. The highest BCUT2D eigenvalue weighted by molar-refractivity contribution is 5.96. The minimum Gasteiger partial charge on any atom is -0.494 e. The lowest BCUT2D eigenvalue weighted by atomic mass is 9.92. The Balaban J connectivity index is 1.35. The van der Waals surface area contributed by atoms with Gasteiger partial charge in [0.1, 0.15) is 24.5 Å². The van der Waals surface area contributed by atoms with E-state index < -0.39 is 18.4 Å². The molecule has 1 amide bonds. The summed E-state index contributed by atoms with van der Waals surface area (Å²) in [6, 6.07) is 15.0. The van der Waals surface area contributed by atoms with Gasteiger partial charge in [-0.25, -0.2) is 9.78 Å². The van der Waals surface area contributed by atoms with Crippen molar-refractivity contribution in [2.75, 3.05) is 11.9 Å². The summed E-state index contributed by atoms with van der Waals surface area (Å²) in [5.41, 5.74) is 3.23. The molecule has 1 fully saturated rings. The lowest BCUT2D eigenvalue weighted by Gasteiger charge is -2.30. The predicted octanol–water partition coefficient (Wildman–Crippen LogP) is 6.85. The number of ether oxygens (including phenoxy) is 2. The molecule has 41 heavy (non-hydrogen) atoms. The Kier molecular flexibility index (Phi) is 8.14. The number of carbonyl (C=O) groups is 1. The molecule has 2 aromatic heterocycles.